The summed E-state index contributed by atoms with van der Waals surface area (Å²) in [6.07, 6.45) is 4.64. The van der Waals surface area contributed by atoms with Crippen LogP contribution in [0.25, 0.3) is 16.6 Å². The Labute approximate surface area is 181 Å². The zero-order chi connectivity index (χ0) is 22.0. The number of hydrogen-bond donors (Lipinski definition) is 1. The van der Waals surface area contributed by atoms with Gasteiger partial charge in [0.05, 0.1) is 23.0 Å². The fraction of sp³-hybridized carbons (Fsp3) is 0.364. The van der Waals surface area contributed by atoms with Crippen LogP contribution in [0.4, 0.5) is 0 Å². The molecule has 1 N–H and O–H groups in total. The number of carbonyl (C=O) groups is 1. The largest absolute Gasteiger partial charge is 0.481 e. The van der Waals surface area contributed by atoms with Crippen molar-refractivity contribution in [1.82, 2.24) is 13.9 Å². The van der Waals surface area contributed by atoms with Crippen molar-refractivity contribution < 1.29 is 23.1 Å². The molecule has 1 saturated heterocycles. The summed E-state index contributed by atoms with van der Waals surface area (Å²) in [5.74, 6) is -0.566. The summed E-state index contributed by atoms with van der Waals surface area (Å²) in [7, 11) is -2.01. The lowest BCUT2D eigenvalue weighted by Gasteiger charge is -2.31. The molecule has 9 heteroatoms. The van der Waals surface area contributed by atoms with Crippen molar-refractivity contribution in [2.75, 3.05) is 26.8 Å². The Hall–Kier alpha value is -2.75. The zero-order valence-electron chi connectivity index (χ0n) is 17.3. The van der Waals surface area contributed by atoms with Crippen LogP contribution >= 0.6 is 0 Å². The van der Waals surface area contributed by atoms with Gasteiger partial charge in [0.2, 0.25) is 10.0 Å². The second kappa shape index (κ2) is 8.78. The van der Waals surface area contributed by atoms with Gasteiger partial charge in [0.15, 0.2) is 0 Å². The Kier molecular flexibility index (Phi) is 6.08. The number of rotatable bonds is 7. The van der Waals surface area contributed by atoms with Crippen LogP contribution in [0.1, 0.15) is 18.4 Å². The number of carboxylic acid groups (broad SMARTS) is 1. The fourth-order valence-electron chi connectivity index (χ4n) is 4.12. The van der Waals surface area contributed by atoms with Crippen LogP contribution in [0.2, 0.25) is 0 Å². The summed E-state index contributed by atoms with van der Waals surface area (Å²) in [5.41, 5.74) is 2.52. The molecule has 2 aromatic heterocycles. The molecule has 0 saturated carbocycles. The topological polar surface area (TPSA) is 101 Å². The number of pyridine rings is 1. The van der Waals surface area contributed by atoms with E-state index in [1.54, 1.807) is 58.5 Å². The van der Waals surface area contributed by atoms with Crippen LogP contribution in [0, 0.1) is 5.92 Å². The van der Waals surface area contributed by atoms with Crippen LogP contribution in [-0.2, 0) is 26.0 Å². The van der Waals surface area contributed by atoms with E-state index in [0.29, 0.717) is 47.8 Å². The predicted molar refractivity (Wildman–Crippen MR) is 115 cm³/mol. The summed E-state index contributed by atoms with van der Waals surface area (Å²) < 4.78 is 35.3. The third kappa shape index (κ3) is 4.34. The molecule has 8 nitrogen and oxygen atoms in total. The molecular weight excluding hydrogens is 418 g/mol. The van der Waals surface area contributed by atoms with Gasteiger partial charge in [0.1, 0.15) is 0 Å². The van der Waals surface area contributed by atoms with E-state index in [-0.39, 0.29) is 11.3 Å². The van der Waals surface area contributed by atoms with Crippen molar-refractivity contribution in [3.63, 3.8) is 0 Å². The minimum atomic E-state index is -3.67. The van der Waals surface area contributed by atoms with E-state index in [9.17, 15) is 13.2 Å². The van der Waals surface area contributed by atoms with E-state index in [1.807, 2.05) is 0 Å². The highest BCUT2D eigenvalue weighted by Gasteiger charge is 2.31. The molecule has 0 unspecified atom stereocenters. The van der Waals surface area contributed by atoms with Gasteiger partial charge < -0.3 is 9.84 Å². The molecule has 0 spiro atoms. The van der Waals surface area contributed by atoms with Crippen LogP contribution in [0.3, 0.4) is 0 Å². The highest BCUT2D eigenvalue weighted by atomic mass is 32.2. The number of nitrogens with zero attached hydrogens (tertiary/aromatic N) is 3. The maximum Gasteiger partial charge on any atom is 0.307 e. The van der Waals surface area contributed by atoms with Gasteiger partial charge in [-0.1, -0.05) is 18.2 Å². The van der Waals surface area contributed by atoms with Crippen molar-refractivity contribution in [1.29, 1.82) is 0 Å². The summed E-state index contributed by atoms with van der Waals surface area (Å²) in [6.45, 7) is 1.58. The van der Waals surface area contributed by atoms with Crippen molar-refractivity contribution in [2.45, 2.75) is 24.2 Å². The molecule has 0 bridgehead atoms. The SMILES string of the molecule is COCC1CCN(S(=O)(=O)c2ccccc2-c2ccn3ncc(CC(=O)O)c3c2)CC1. The van der Waals surface area contributed by atoms with E-state index < -0.39 is 16.0 Å². The Bertz CT molecular complexity index is 1200. The van der Waals surface area contributed by atoms with Crippen LogP contribution in [-0.4, -0.2) is 60.2 Å². The highest BCUT2D eigenvalue weighted by Crippen LogP contribution is 2.32. The second-order valence-corrected chi connectivity index (χ2v) is 9.69. The van der Waals surface area contributed by atoms with Crippen LogP contribution in [0.15, 0.2) is 53.7 Å². The molecule has 4 rings (SSSR count). The van der Waals surface area contributed by atoms with E-state index in [2.05, 4.69) is 5.10 Å². The lowest BCUT2D eigenvalue weighted by molar-refractivity contribution is -0.136. The van der Waals surface area contributed by atoms with Crippen molar-refractivity contribution in [3.05, 3.63) is 54.4 Å². The minimum absolute atomic E-state index is 0.149. The minimum Gasteiger partial charge on any atom is -0.481 e. The Morgan fingerprint density at radius 3 is 2.68 bits per heavy atom. The summed E-state index contributed by atoms with van der Waals surface area (Å²) >= 11 is 0. The molecule has 0 atom stereocenters. The molecule has 0 radical (unpaired) electrons. The van der Waals surface area contributed by atoms with Crippen molar-refractivity contribution >= 4 is 21.5 Å². The Morgan fingerprint density at radius 1 is 1.23 bits per heavy atom. The molecular formula is C22H25N3O5S. The van der Waals surface area contributed by atoms with E-state index in [1.165, 1.54) is 6.20 Å². The van der Waals surface area contributed by atoms with Gasteiger partial charge >= 0.3 is 5.97 Å². The number of fused-ring (bicyclic) bond motifs is 1. The van der Waals surface area contributed by atoms with E-state index >= 15 is 0 Å². The molecule has 0 aliphatic carbocycles. The van der Waals surface area contributed by atoms with Crippen molar-refractivity contribution in [2.24, 2.45) is 5.92 Å². The third-order valence-corrected chi connectivity index (χ3v) is 7.69. The normalized spacial score (nSPS) is 16.0. The summed E-state index contributed by atoms with van der Waals surface area (Å²) in [4.78, 5) is 11.4. The molecule has 0 amide bonds. The van der Waals surface area contributed by atoms with Crippen molar-refractivity contribution in [3.8, 4) is 11.1 Å². The molecule has 1 fully saturated rings. The fourth-order valence-corrected chi connectivity index (χ4v) is 5.80. The third-order valence-electron chi connectivity index (χ3n) is 5.73. The molecule has 1 aliphatic rings. The predicted octanol–water partition coefficient (Wildman–Crippen LogP) is 2.68. The average Bonchev–Trinajstić information content (AvgIpc) is 3.16. The number of aromatic nitrogens is 2. The number of piperidine rings is 1. The lowest BCUT2D eigenvalue weighted by Crippen LogP contribution is -2.39. The monoisotopic (exact) mass is 443 g/mol. The lowest BCUT2D eigenvalue weighted by atomic mass is 9.99. The first-order valence-electron chi connectivity index (χ1n) is 10.2. The number of ether oxygens (including phenoxy) is 1. The van der Waals surface area contributed by atoms with Gasteiger partial charge in [-0.15, -0.1) is 0 Å². The summed E-state index contributed by atoms with van der Waals surface area (Å²) in [6, 6.07) is 10.5. The summed E-state index contributed by atoms with van der Waals surface area (Å²) in [5, 5.41) is 13.3. The number of carboxylic acids is 1. The van der Waals surface area contributed by atoms with E-state index in [0.717, 1.165) is 12.8 Å². The number of hydrogen-bond acceptors (Lipinski definition) is 5. The first kappa shape index (κ1) is 21.5. The number of methoxy groups -OCH3 is 1. The van der Waals surface area contributed by atoms with E-state index in [4.69, 9.17) is 9.84 Å². The van der Waals surface area contributed by atoms with Gasteiger partial charge in [-0.3, -0.25) is 4.79 Å². The zero-order valence-corrected chi connectivity index (χ0v) is 18.1. The van der Waals surface area contributed by atoms with Gasteiger partial charge in [0.25, 0.3) is 0 Å². The van der Waals surface area contributed by atoms with Crippen LogP contribution < -0.4 is 0 Å². The van der Waals surface area contributed by atoms with Crippen LogP contribution in [0.5, 0.6) is 0 Å². The maximum atomic E-state index is 13.5. The molecule has 3 heterocycles. The number of benzene rings is 1. The average molecular weight is 444 g/mol. The van der Waals surface area contributed by atoms with Gasteiger partial charge in [0, 0.05) is 44.1 Å². The molecule has 1 aliphatic heterocycles. The number of sulfonamides is 1. The second-order valence-electron chi connectivity index (χ2n) is 7.78. The number of aliphatic carboxylic acids is 1. The molecule has 1 aromatic carbocycles. The maximum absolute atomic E-state index is 13.5. The molecule has 164 valence electrons. The first-order chi connectivity index (χ1) is 14.9. The van der Waals surface area contributed by atoms with Gasteiger partial charge in [-0.25, -0.2) is 12.9 Å². The molecule has 31 heavy (non-hydrogen) atoms. The standard InChI is InChI=1S/C22H25N3O5S/c1-30-15-16-6-9-24(10-7-16)31(28,29)21-5-3-2-4-19(21)17-8-11-25-20(12-17)18(14-23-25)13-22(26)27/h2-5,8,11-12,14,16H,6-7,9-10,13,15H2,1H3,(H,26,27). The quantitative estimate of drug-likeness (QED) is 0.603. The Morgan fingerprint density at radius 2 is 1.97 bits per heavy atom. The Balaban J connectivity index is 1.70. The van der Waals surface area contributed by atoms with Gasteiger partial charge in [-0.05, 0) is 42.5 Å². The highest BCUT2D eigenvalue weighted by molar-refractivity contribution is 7.89. The molecule has 3 aromatic rings. The van der Waals surface area contributed by atoms with Gasteiger partial charge in [-0.2, -0.15) is 9.40 Å². The smallest absolute Gasteiger partial charge is 0.307 e. The first-order valence-corrected chi connectivity index (χ1v) is 11.6.